The van der Waals surface area contributed by atoms with Crippen molar-refractivity contribution in [3.8, 4) is 0 Å². The number of benzene rings is 1. The molecular weight excluding hydrogens is 234 g/mol. The average molecular weight is 253 g/mol. The van der Waals surface area contributed by atoms with Crippen LogP contribution in [0.2, 0.25) is 0 Å². The fraction of sp³-hybridized carbons (Fsp3) is 0.235. The summed E-state index contributed by atoms with van der Waals surface area (Å²) in [5.74, 6) is 0. The Kier molecular flexibility index (Phi) is 3.70. The third-order valence-corrected chi connectivity index (χ3v) is 2.99. The van der Waals surface area contributed by atoms with Gasteiger partial charge in [0.1, 0.15) is 0 Å². The monoisotopic (exact) mass is 253 g/mol. The maximum absolute atomic E-state index is 12.6. The van der Waals surface area contributed by atoms with Crippen molar-refractivity contribution in [2.75, 3.05) is 5.32 Å². The number of hydrogen-bond acceptors (Lipinski definition) is 2. The minimum atomic E-state index is -0.163. The van der Waals surface area contributed by atoms with E-state index in [1.54, 1.807) is 0 Å². The summed E-state index contributed by atoms with van der Waals surface area (Å²) in [5.41, 5.74) is 2.24. The molecule has 19 heavy (non-hydrogen) atoms. The lowest BCUT2D eigenvalue weighted by Gasteiger charge is -2.17. The highest BCUT2D eigenvalue weighted by Gasteiger charge is 2.17. The molecule has 1 N–H and O–H groups in total. The molecule has 0 amide bonds. The van der Waals surface area contributed by atoms with Gasteiger partial charge in [-0.1, -0.05) is 57.2 Å². The molecule has 0 saturated heterocycles. The highest BCUT2D eigenvalue weighted by molar-refractivity contribution is 5.59. The third-order valence-electron chi connectivity index (χ3n) is 2.99. The zero-order valence-electron chi connectivity index (χ0n) is 11.6. The van der Waals surface area contributed by atoms with Gasteiger partial charge in [-0.05, 0) is 23.6 Å². The molecule has 2 aromatic rings. The Morgan fingerprint density at radius 3 is 2.05 bits per heavy atom. The van der Waals surface area contributed by atoms with E-state index in [-0.39, 0.29) is 10.8 Å². The van der Waals surface area contributed by atoms with Crippen LogP contribution >= 0.6 is 0 Å². The van der Waals surface area contributed by atoms with Gasteiger partial charge in [0, 0.05) is 11.3 Å². The van der Waals surface area contributed by atoms with Crippen molar-refractivity contribution in [2.45, 2.75) is 26.2 Å². The van der Waals surface area contributed by atoms with Crippen molar-refractivity contribution in [1.29, 1.82) is 0 Å². The highest BCUT2D eigenvalue weighted by Crippen LogP contribution is 2.20. The van der Waals surface area contributed by atoms with E-state index in [4.69, 9.17) is 0 Å². The van der Waals surface area contributed by atoms with Gasteiger partial charge in [-0.3, -0.25) is 4.79 Å². The third kappa shape index (κ3) is 3.22. The summed E-state index contributed by atoms with van der Waals surface area (Å²) in [6.45, 7) is 6.15. The fourth-order valence-electron chi connectivity index (χ4n) is 1.97. The Morgan fingerprint density at radius 1 is 0.842 bits per heavy atom. The minimum Gasteiger partial charge on any atom is -0.352 e. The fourth-order valence-corrected chi connectivity index (χ4v) is 1.97. The van der Waals surface area contributed by atoms with Crippen LogP contribution in [0.4, 0.5) is 11.4 Å². The van der Waals surface area contributed by atoms with Crippen LogP contribution in [-0.2, 0) is 5.41 Å². The molecule has 2 rings (SSSR count). The van der Waals surface area contributed by atoms with E-state index in [0.717, 1.165) is 11.3 Å². The summed E-state index contributed by atoms with van der Waals surface area (Å²) >= 11 is 0. The van der Waals surface area contributed by atoms with Crippen molar-refractivity contribution < 1.29 is 0 Å². The van der Waals surface area contributed by atoms with Gasteiger partial charge < -0.3 is 5.32 Å². The second-order valence-electron chi connectivity index (χ2n) is 5.62. The first kappa shape index (κ1) is 13.3. The molecule has 0 fully saturated rings. The number of anilines is 2. The van der Waals surface area contributed by atoms with E-state index in [2.05, 4.69) is 26.1 Å². The van der Waals surface area contributed by atoms with Crippen LogP contribution in [0.15, 0.2) is 59.4 Å². The molecule has 0 aliphatic carbocycles. The van der Waals surface area contributed by atoms with E-state index in [9.17, 15) is 4.79 Å². The summed E-state index contributed by atoms with van der Waals surface area (Å²) in [6.07, 6.45) is 0. The second-order valence-corrected chi connectivity index (χ2v) is 5.62. The lowest BCUT2D eigenvalue weighted by atomic mass is 9.87. The van der Waals surface area contributed by atoms with E-state index >= 15 is 0 Å². The van der Waals surface area contributed by atoms with Crippen LogP contribution in [0.3, 0.4) is 0 Å². The maximum atomic E-state index is 12.6. The van der Waals surface area contributed by atoms with Crippen molar-refractivity contribution in [1.82, 2.24) is 0 Å². The molecule has 0 radical (unpaired) electrons. The molecule has 0 bridgehead atoms. The largest absolute Gasteiger partial charge is 0.352 e. The molecule has 2 heteroatoms. The smallest absolute Gasteiger partial charge is 0.205 e. The lowest BCUT2D eigenvalue weighted by molar-refractivity contribution is 0.586. The molecule has 0 spiro atoms. The zero-order valence-corrected chi connectivity index (χ0v) is 11.6. The topological polar surface area (TPSA) is 29.1 Å². The summed E-state index contributed by atoms with van der Waals surface area (Å²) in [5, 5.41) is 3.19. The molecule has 0 atom stereocenters. The molecule has 0 aliphatic rings. The molecule has 0 unspecified atom stereocenters. The van der Waals surface area contributed by atoms with Gasteiger partial charge in [0.2, 0.25) is 5.43 Å². The van der Waals surface area contributed by atoms with Gasteiger partial charge in [-0.15, -0.1) is 0 Å². The Labute approximate surface area is 114 Å². The van der Waals surface area contributed by atoms with Crippen LogP contribution in [0.25, 0.3) is 0 Å². The minimum absolute atomic E-state index is 0.0568. The van der Waals surface area contributed by atoms with Crippen molar-refractivity contribution in [2.24, 2.45) is 0 Å². The number of nitrogens with one attached hydrogen (secondary N) is 1. The normalized spacial score (nSPS) is 11.1. The Hall–Kier alpha value is -2.09. The maximum Gasteiger partial charge on any atom is 0.205 e. The predicted octanol–water partition coefficient (Wildman–Crippen LogP) is 4.09. The first-order valence-electron chi connectivity index (χ1n) is 6.44. The Balaban J connectivity index is 2.49. The van der Waals surface area contributed by atoms with Gasteiger partial charge >= 0.3 is 0 Å². The van der Waals surface area contributed by atoms with Gasteiger partial charge in [0.25, 0.3) is 0 Å². The SMILES string of the molecule is CC(C)(C)c1ccccc(Nc2ccccc2)c1=O. The highest BCUT2D eigenvalue weighted by atomic mass is 16.1. The molecule has 2 aromatic carbocycles. The van der Waals surface area contributed by atoms with Crippen LogP contribution in [0, 0.1) is 0 Å². The number of rotatable bonds is 2. The van der Waals surface area contributed by atoms with Gasteiger partial charge in [-0.25, -0.2) is 0 Å². The van der Waals surface area contributed by atoms with Gasteiger partial charge in [-0.2, -0.15) is 0 Å². The van der Waals surface area contributed by atoms with Crippen LogP contribution < -0.4 is 10.7 Å². The molecule has 98 valence electrons. The molecule has 0 heterocycles. The molecule has 0 aromatic heterocycles. The van der Waals surface area contributed by atoms with E-state index < -0.39 is 0 Å². The van der Waals surface area contributed by atoms with E-state index in [1.165, 1.54) is 0 Å². The van der Waals surface area contributed by atoms with Crippen LogP contribution in [0.5, 0.6) is 0 Å². The van der Waals surface area contributed by atoms with E-state index in [1.807, 2.05) is 54.6 Å². The van der Waals surface area contributed by atoms with E-state index in [0.29, 0.717) is 5.69 Å². The first-order valence-corrected chi connectivity index (χ1v) is 6.44. The zero-order chi connectivity index (χ0) is 13.9. The summed E-state index contributed by atoms with van der Waals surface area (Å²) in [6, 6.07) is 17.3. The number of para-hydroxylation sites is 1. The lowest BCUT2D eigenvalue weighted by Crippen LogP contribution is -2.22. The Morgan fingerprint density at radius 2 is 1.42 bits per heavy atom. The summed E-state index contributed by atoms with van der Waals surface area (Å²) in [7, 11) is 0. The average Bonchev–Trinajstić information content (AvgIpc) is 2.53. The first-order chi connectivity index (χ1) is 8.98. The van der Waals surface area contributed by atoms with Crippen molar-refractivity contribution in [3.05, 3.63) is 70.4 Å². The summed E-state index contributed by atoms with van der Waals surface area (Å²) in [4.78, 5) is 12.6. The van der Waals surface area contributed by atoms with Gasteiger partial charge in [0.15, 0.2) is 0 Å². The van der Waals surface area contributed by atoms with Crippen molar-refractivity contribution in [3.63, 3.8) is 0 Å². The van der Waals surface area contributed by atoms with Crippen LogP contribution in [0.1, 0.15) is 26.3 Å². The standard InChI is InChI=1S/C17H19NO/c1-17(2,3)14-11-7-8-12-15(16(14)19)18-13-9-5-4-6-10-13/h4-12H,1-3H3,(H,18,19). The number of hydrogen-bond donors (Lipinski definition) is 1. The quantitative estimate of drug-likeness (QED) is 0.873. The second kappa shape index (κ2) is 5.27. The van der Waals surface area contributed by atoms with Crippen molar-refractivity contribution >= 4 is 11.4 Å². The van der Waals surface area contributed by atoms with Gasteiger partial charge in [0.05, 0.1) is 5.69 Å². The molecular formula is C17H19NO. The predicted molar refractivity (Wildman–Crippen MR) is 81.1 cm³/mol. The molecule has 0 saturated carbocycles. The molecule has 2 nitrogen and oxygen atoms in total. The summed E-state index contributed by atoms with van der Waals surface area (Å²) < 4.78 is 0. The van der Waals surface area contributed by atoms with Crippen LogP contribution in [-0.4, -0.2) is 0 Å². The Bertz CT molecular complexity index is 612. The molecule has 0 aliphatic heterocycles.